The maximum absolute atomic E-state index is 5.85. The van der Waals surface area contributed by atoms with Gasteiger partial charge in [-0.3, -0.25) is 0 Å². The highest BCUT2D eigenvalue weighted by molar-refractivity contribution is 6.30. The maximum Gasteiger partial charge on any atom is 0.127 e. The molecule has 0 radical (unpaired) electrons. The van der Waals surface area contributed by atoms with Crippen LogP contribution in [-0.4, -0.2) is 6.54 Å². The summed E-state index contributed by atoms with van der Waals surface area (Å²) < 4.78 is 5.77. The van der Waals surface area contributed by atoms with Crippen molar-refractivity contribution in [2.75, 3.05) is 6.54 Å². The van der Waals surface area contributed by atoms with E-state index in [-0.39, 0.29) is 0 Å². The van der Waals surface area contributed by atoms with Crippen LogP contribution in [0.3, 0.4) is 0 Å². The van der Waals surface area contributed by atoms with Gasteiger partial charge < -0.3 is 10.1 Å². The molecule has 1 aliphatic heterocycles. The average Bonchev–Trinajstić information content (AvgIpc) is 2.96. The molecule has 1 N–H and O–H groups in total. The van der Waals surface area contributed by atoms with Crippen LogP contribution in [0.4, 0.5) is 0 Å². The third kappa shape index (κ3) is 3.09. The monoisotopic (exact) mass is 273 g/mol. The third-order valence-corrected chi connectivity index (χ3v) is 3.64. The van der Waals surface area contributed by atoms with Gasteiger partial charge in [0.05, 0.1) is 0 Å². The van der Waals surface area contributed by atoms with Gasteiger partial charge in [0.1, 0.15) is 11.5 Å². The van der Waals surface area contributed by atoms with Crippen molar-refractivity contribution in [1.82, 2.24) is 5.32 Å². The second-order valence-electron chi connectivity index (χ2n) is 4.77. The first-order valence-electron chi connectivity index (χ1n) is 6.58. The highest BCUT2D eigenvalue weighted by Crippen LogP contribution is 2.27. The average molecular weight is 274 g/mol. The fraction of sp³-hybridized carbons (Fsp3) is 0.250. The first-order chi connectivity index (χ1) is 9.31. The zero-order valence-corrected chi connectivity index (χ0v) is 11.4. The summed E-state index contributed by atoms with van der Waals surface area (Å²) in [5.74, 6) is 1.65. The number of hydrogen-bond donors (Lipinski definition) is 1. The molecule has 2 aromatic rings. The van der Waals surface area contributed by atoms with E-state index in [9.17, 15) is 0 Å². The van der Waals surface area contributed by atoms with E-state index in [0.29, 0.717) is 6.04 Å². The molecule has 98 valence electrons. The molecule has 0 bridgehead atoms. The normalized spacial score (nSPS) is 18.5. The van der Waals surface area contributed by atoms with Crippen LogP contribution in [0.5, 0.6) is 11.5 Å². The lowest BCUT2D eigenvalue weighted by Gasteiger charge is -2.11. The molecular formula is C16H16ClNO. The van der Waals surface area contributed by atoms with Crippen LogP contribution in [0, 0.1) is 0 Å². The Bertz CT molecular complexity index is 530. The molecule has 1 fully saturated rings. The second-order valence-corrected chi connectivity index (χ2v) is 5.21. The Hall–Kier alpha value is -1.51. The van der Waals surface area contributed by atoms with Gasteiger partial charge in [-0.25, -0.2) is 0 Å². The smallest absolute Gasteiger partial charge is 0.127 e. The number of hydrogen-bond acceptors (Lipinski definition) is 2. The van der Waals surface area contributed by atoms with E-state index in [1.165, 1.54) is 18.4 Å². The minimum atomic E-state index is 0.504. The fourth-order valence-corrected chi connectivity index (χ4v) is 2.50. The van der Waals surface area contributed by atoms with Gasteiger partial charge in [-0.1, -0.05) is 23.7 Å². The lowest BCUT2D eigenvalue weighted by Crippen LogP contribution is -2.12. The van der Waals surface area contributed by atoms with Crippen LogP contribution in [-0.2, 0) is 0 Å². The second kappa shape index (κ2) is 5.64. The molecule has 1 saturated heterocycles. The zero-order valence-electron chi connectivity index (χ0n) is 10.6. The van der Waals surface area contributed by atoms with E-state index >= 15 is 0 Å². The predicted molar refractivity (Wildman–Crippen MR) is 77.9 cm³/mol. The minimum Gasteiger partial charge on any atom is -0.457 e. The molecule has 2 aromatic carbocycles. The summed E-state index contributed by atoms with van der Waals surface area (Å²) in [6.45, 7) is 1.12. The Morgan fingerprint density at radius 2 is 1.58 bits per heavy atom. The van der Waals surface area contributed by atoms with Crippen molar-refractivity contribution in [1.29, 1.82) is 0 Å². The number of halogens is 1. The fourth-order valence-electron chi connectivity index (χ4n) is 2.38. The van der Waals surface area contributed by atoms with Crippen LogP contribution in [0.15, 0.2) is 48.5 Å². The zero-order chi connectivity index (χ0) is 13.1. The van der Waals surface area contributed by atoms with Crippen molar-refractivity contribution >= 4 is 11.6 Å². The van der Waals surface area contributed by atoms with Gasteiger partial charge >= 0.3 is 0 Å². The molecule has 0 spiro atoms. The van der Waals surface area contributed by atoms with E-state index < -0.39 is 0 Å². The molecule has 0 amide bonds. The van der Waals surface area contributed by atoms with E-state index in [4.69, 9.17) is 16.3 Å². The van der Waals surface area contributed by atoms with Gasteiger partial charge in [-0.05, 0) is 61.3 Å². The van der Waals surface area contributed by atoms with Crippen molar-refractivity contribution in [2.24, 2.45) is 0 Å². The predicted octanol–water partition coefficient (Wildman–Crippen LogP) is 4.56. The van der Waals surface area contributed by atoms with Gasteiger partial charge in [0.25, 0.3) is 0 Å². The van der Waals surface area contributed by atoms with Crippen molar-refractivity contribution < 1.29 is 4.74 Å². The van der Waals surface area contributed by atoms with E-state index in [0.717, 1.165) is 23.1 Å². The minimum absolute atomic E-state index is 0.504. The molecule has 0 saturated carbocycles. The molecular weight excluding hydrogens is 258 g/mol. The molecule has 1 unspecified atom stereocenters. The number of benzene rings is 2. The van der Waals surface area contributed by atoms with Crippen molar-refractivity contribution in [3.05, 3.63) is 59.1 Å². The van der Waals surface area contributed by atoms with Crippen LogP contribution >= 0.6 is 11.6 Å². The Kier molecular flexibility index (Phi) is 3.72. The molecule has 0 aliphatic carbocycles. The van der Waals surface area contributed by atoms with Crippen molar-refractivity contribution in [3.8, 4) is 11.5 Å². The Morgan fingerprint density at radius 3 is 2.16 bits per heavy atom. The van der Waals surface area contributed by atoms with Crippen LogP contribution in [0.1, 0.15) is 24.4 Å². The Labute approximate surface area is 118 Å². The van der Waals surface area contributed by atoms with E-state index in [1.54, 1.807) is 0 Å². The van der Waals surface area contributed by atoms with Crippen LogP contribution in [0.2, 0.25) is 5.02 Å². The highest BCUT2D eigenvalue weighted by atomic mass is 35.5. The van der Waals surface area contributed by atoms with Gasteiger partial charge in [-0.15, -0.1) is 0 Å². The molecule has 3 rings (SSSR count). The summed E-state index contributed by atoms with van der Waals surface area (Å²) in [5.41, 5.74) is 1.33. The van der Waals surface area contributed by atoms with Gasteiger partial charge in [-0.2, -0.15) is 0 Å². The number of nitrogens with one attached hydrogen (secondary N) is 1. The van der Waals surface area contributed by atoms with Gasteiger partial charge in [0.2, 0.25) is 0 Å². The van der Waals surface area contributed by atoms with E-state index in [2.05, 4.69) is 17.4 Å². The topological polar surface area (TPSA) is 21.3 Å². The molecule has 3 heteroatoms. The molecule has 1 heterocycles. The van der Waals surface area contributed by atoms with Gasteiger partial charge in [0.15, 0.2) is 0 Å². The number of ether oxygens (including phenoxy) is 1. The van der Waals surface area contributed by atoms with Crippen LogP contribution < -0.4 is 10.1 Å². The summed E-state index contributed by atoms with van der Waals surface area (Å²) in [4.78, 5) is 0. The molecule has 1 atom stereocenters. The Balaban J connectivity index is 1.70. The lowest BCUT2D eigenvalue weighted by atomic mass is 10.1. The summed E-state index contributed by atoms with van der Waals surface area (Å²) in [7, 11) is 0. The molecule has 2 nitrogen and oxygen atoms in total. The van der Waals surface area contributed by atoms with Crippen molar-refractivity contribution in [3.63, 3.8) is 0 Å². The largest absolute Gasteiger partial charge is 0.457 e. The Morgan fingerprint density at radius 1 is 0.947 bits per heavy atom. The summed E-state index contributed by atoms with van der Waals surface area (Å²) in [6, 6.07) is 16.2. The quantitative estimate of drug-likeness (QED) is 0.885. The summed E-state index contributed by atoms with van der Waals surface area (Å²) >= 11 is 5.85. The number of rotatable bonds is 3. The lowest BCUT2D eigenvalue weighted by molar-refractivity contribution is 0.482. The van der Waals surface area contributed by atoms with Crippen LogP contribution in [0.25, 0.3) is 0 Å². The molecule has 19 heavy (non-hydrogen) atoms. The summed E-state index contributed by atoms with van der Waals surface area (Å²) in [6.07, 6.45) is 2.48. The maximum atomic E-state index is 5.85. The third-order valence-electron chi connectivity index (χ3n) is 3.39. The first kappa shape index (κ1) is 12.5. The summed E-state index contributed by atoms with van der Waals surface area (Å²) in [5, 5.41) is 4.21. The highest BCUT2D eigenvalue weighted by Gasteiger charge is 2.15. The van der Waals surface area contributed by atoms with E-state index in [1.807, 2.05) is 36.4 Å². The molecule has 1 aliphatic rings. The standard InChI is InChI=1S/C16H16ClNO/c17-13-5-9-15(10-6-13)19-14-7-3-12(4-8-14)16-2-1-11-18-16/h3-10,16,18H,1-2,11H2. The van der Waals surface area contributed by atoms with Crippen molar-refractivity contribution in [2.45, 2.75) is 18.9 Å². The van der Waals surface area contributed by atoms with Gasteiger partial charge in [0, 0.05) is 11.1 Å². The first-order valence-corrected chi connectivity index (χ1v) is 6.96. The molecule has 0 aromatic heterocycles. The SMILES string of the molecule is Clc1ccc(Oc2ccc(C3CCCN3)cc2)cc1.